The summed E-state index contributed by atoms with van der Waals surface area (Å²) in [6, 6.07) is 8.68. The Kier molecular flexibility index (Phi) is 8.37. The smallest absolute Gasteiger partial charge is 0.333 e. The second kappa shape index (κ2) is 11.4. The van der Waals surface area contributed by atoms with Crippen LogP contribution < -0.4 is 20.8 Å². The number of aromatic nitrogens is 2. The Morgan fingerprint density at radius 3 is 2.44 bits per heavy atom. The van der Waals surface area contributed by atoms with Crippen molar-refractivity contribution in [1.29, 1.82) is 5.26 Å². The number of rotatable bonds is 9. The van der Waals surface area contributed by atoms with Crippen LogP contribution in [0.5, 0.6) is 5.88 Å². The number of primary amides is 1. The first-order valence-electron chi connectivity index (χ1n) is 11.2. The average Bonchev–Trinajstić information content (AvgIpc) is 3.30. The van der Waals surface area contributed by atoms with E-state index in [1.165, 1.54) is 5.01 Å². The molecule has 3 rings (SSSR count). The van der Waals surface area contributed by atoms with Crippen molar-refractivity contribution in [1.82, 2.24) is 15.1 Å². The van der Waals surface area contributed by atoms with Gasteiger partial charge in [-0.3, -0.25) is 9.59 Å². The van der Waals surface area contributed by atoms with E-state index in [0.717, 1.165) is 6.20 Å². The predicted molar refractivity (Wildman–Crippen MR) is 128 cm³/mol. The third kappa shape index (κ3) is 6.04. The maximum absolute atomic E-state index is 12.9. The Labute approximate surface area is 207 Å². The van der Waals surface area contributed by atoms with Crippen molar-refractivity contribution in [2.45, 2.75) is 58.2 Å². The van der Waals surface area contributed by atoms with Gasteiger partial charge in [0.25, 0.3) is 5.91 Å². The highest BCUT2D eigenvalue weighted by atomic mass is 19.3. The van der Waals surface area contributed by atoms with Crippen LogP contribution >= 0.6 is 0 Å². The molecule has 2 amide bonds. The van der Waals surface area contributed by atoms with Gasteiger partial charge in [0.2, 0.25) is 11.8 Å². The first-order chi connectivity index (χ1) is 17.1. The molecule has 0 aliphatic heterocycles. The number of ether oxygens (including phenoxy) is 1. The SMILES string of the molecule is C=NN(/C(C)=C(\C)C(=O)NC1CCC(Oc2nn(C(F)F)cc2C(N)=O)CC1)c1ccc(C#N)cc1. The number of carbonyl (C=O) groups is 2. The molecule has 1 saturated carbocycles. The Bertz CT molecular complexity index is 1190. The van der Waals surface area contributed by atoms with E-state index < -0.39 is 12.5 Å². The van der Waals surface area contributed by atoms with Crippen LogP contribution in [0.3, 0.4) is 0 Å². The minimum Gasteiger partial charge on any atom is -0.473 e. The molecular formula is C24H27F2N7O3. The van der Waals surface area contributed by atoms with E-state index in [0.29, 0.717) is 52.9 Å². The van der Waals surface area contributed by atoms with Gasteiger partial charge < -0.3 is 15.8 Å². The zero-order valence-electron chi connectivity index (χ0n) is 19.9. The van der Waals surface area contributed by atoms with Crippen LogP contribution in [0.1, 0.15) is 62.0 Å². The topological polar surface area (TPSA) is 139 Å². The number of hydrogen-bond acceptors (Lipinski definition) is 7. The van der Waals surface area contributed by atoms with E-state index in [2.05, 4.69) is 28.3 Å². The van der Waals surface area contributed by atoms with Gasteiger partial charge in [0.15, 0.2) is 0 Å². The molecule has 1 aliphatic carbocycles. The molecule has 1 fully saturated rings. The predicted octanol–water partition coefficient (Wildman–Crippen LogP) is 3.47. The van der Waals surface area contributed by atoms with Crippen LogP contribution in [0.15, 0.2) is 46.8 Å². The molecule has 1 aromatic carbocycles. The Morgan fingerprint density at radius 1 is 1.28 bits per heavy atom. The van der Waals surface area contributed by atoms with Gasteiger partial charge in [0, 0.05) is 30.2 Å². The van der Waals surface area contributed by atoms with Gasteiger partial charge >= 0.3 is 6.55 Å². The Morgan fingerprint density at radius 2 is 1.92 bits per heavy atom. The van der Waals surface area contributed by atoms with Crippen molar-refractivity contribution in [3.05, 3.63) is 52.9 Å². The first-order valence-corrected chi connectivity index (χ1v) is 11.2. The van der Waals surface area contributed by atoms with Gasteiger partial charge in [-0.05, 0) is 63.8 Å². The molecule has 36 heavy (non-hydrogen) atoms. The fourth-order valence-corrected chi connectivity index (χ4v) is 3.89. The summed E-state index contributed by atoms with van der Waals surface area (Å²) in [5.41, 5.74) is 7.25. The fraction of sp³-hybridized carbons (Fsp3) is 0.375. The third-order valence-electron chi connectivity index (χ3n) is 6.03. The van der Waals surface area contributed by atoms with Crippen LogP contribution in [-0.2, 0) is 4.79 Å². The second-order valence-corrected chi connectivity index (χ2v) is 8.36. The molecule has 190 valence electrons. The summed E-state index contributed by atoms with van der Waals surface area (Å²) < 4.78 is 31.9. The number of anilines is 1. The Hall–Kier alpha value is -4.27. The quantitative estimate of drug-likeness (QED) is 0.308. The van der Waals surface area contributed by atoms with Crippen LogP contribution in [0.2, 0.25) is 0 Å². The summed E-state index contributed by atoms with van der Waals surface area (Å²) in [6.07, 6.45) is 2.74. The van der Waals surface area contributed by atoms with Crippen LogP contribution in [-0.4, -0.2) is 40.5 Å². The third-order valence-corrected chi connectivity index (χ3v) is 6.03. The minimum atomic E-state index is -2.92. The van der Waals surface area contributed by atoms with Crippen LogP contribution in [0, 0.1) is 11.3 Å². The van der Waals surface area contributed by atoms with E-state index in [4.69, 9.17) is 15.7 Å². The van der Waals surface area contributed by atoms with Gasteiger partial charge in [0.05, 0.1) is 17.3 Å². The number of nitrogens with two attached hydrogens (primary N) is 1. The molecule has 1 heterocycles. The van der Waals surface area contributed by atoms with Gasteiger partial charge in [-0.15, -0.1) is 5.10 Å². The number of halogens is 2. The number of nitrogens with zero attached hydrogens (tertiary/aromatic N) is 5. The fourth-order valence-electron chi connectivity index (χ4n) is 3.89. The molecular weight excluding hydrogens is 472 g/mol. The molecule has 10 nitrogen and oxygen atoms in total. The van der Waals surface area contributed by atoms with Gasteiger partial charge in [0.1, 0.15) is 11.7 Å². The second-order valence-electron chi connectivity index (χ2n) is 8.36. The molecule has 0 spiro atoms. The number of hydrazone groups is 1. The number of amides is 2. The molecule has 0 atom stereocenters. The largest absolute Gasteiger partial charge is 0.473 e. The summed E-state index contributed by atoms with van der Waals surface area (Å²) in [7, 11) is 0. The normalized spacial score (nSPS) is 18.1. The number of hydrogen-bond donors (Lipinski definition) is 2. The van der Waals surface area contributed by atoms with E-state index in [-0.39, 0.29) is 29.5 Å². The highest BCUT2D eigenvalue weighted by Crippen LogP contribution is 2.27. The number of benzene rings is 1. The molecule has 1 aliphatic rings. The number of carbonyl (C=O) groups excluding carboxylic acids is 2. The molecule has 3 N–H and O–H groups in total. The lowest BCUT2D eigenvalue weighted by molar-refractivity contribution is -0.118. The summed E-state index contributed by atoms with van der Waals surface area (Å²) in [6.45, 7) is 4.10. The lowest BCUT2D eigenvalue weighted by Gasteiger charge is -2.29. The monoisotopic (exact) mass is 499 g/mol. The zero-order valence-corrected chi connectivity index (χ0v) is 19.9. The molecule has 0 unspecified atom stereocenters. The molecule has 12 heteroatoms. The molecule has 2 aromatic rings. The van der Waals surface area contributed by atoms with Crippen molar-refractivity contribution in [2.75, 3.05) is 5.01 Å². The van der Waals surface area contributed by atoms with Crippen molar-refractivity contribution in [3.63, 3.8) is 0 Å². The van der Waals surface area contributed by atoms with Crippen LogP contribution in [0.25, 0.3) is 0 Å². The van der Waals surface area contributed by atoms with Gasteiger partial charge in [-0.1, -0.05) is 0 Å². The van der Waals surface area contributed by atoms with E-state index in [1.807, 2.05) is 0 Å². The number of allylic oxidation sites excluding steroid dienone is 1. The summed E-state index contributed by atoms with van der Waals surface area (Å²) in [5, 5.41) is 21.1. The van der Waals surface area contributed by atoms with Crippen LogP contribution in [0.4, 0.5) is 14.5 Å². The van der Waals surface area contributed by atoms with E-state index >= 15 is 0 Å². The number of nitriles is 1. The zero-order chi connectivity index (χ0) is 26.4. The molecule has 0 saturated heterocycles. The van der Waals surface area contributed by atoms with Crippen molar-refractivity contribution in [3.8, 4) is 11.9 Å². The first kappa shape index (κ1) is 26.3. The highest BCUT2D eigenvalue weighted by Gasteiger charge is 2.27. The molecule has 0 radical (unpaired) electrons. The van der Waals surface area contributed by atoms with Crippen molar-refractivity contribution in [2.24, 2.45) is 10.8 Å². The maximum Gasteiger partial charge on any atom is 0.333 e. The molecule has 1 aromatic heterocycles. The summed E-state index contributed by atoms with van der Waals surface area (Å²) in [4.78, 5) is 24.4. The highest BCUT2D eigenvalue weighted by molar-refractivity contribution is 5.95. The lowest BCUT2D eigenvalue weighted by Crippen LogP contribution is -2.40. The van der Waals surface area contributed by atoms with Crippen molar-refractivity contribution >= 4 is 24.2 Å². The van der Waals surface area contributed by atoms with E-state index in [9.17, 15) is 18.4 Å². The average molecular weight is 500 g/mol. The molecule has 0 bridgehead atoms. The Balaban J connectivity index is 1.60. The summed E-state index contributed by atoms with van der Waals surface area (Å²) >= 11 is 0. The summed E-state index contributed by atoms with van der Waals surface area (Å²) in [5.74, 6) is -1.38. The minimum absolute atomic E-state index is 0.116. The standard InChI is InChI=1S/C24H27F2N7O3/c1-14(15(2)33(29-3)18-8-4-16(12-27)5-9-18)22(35)30-17-6-10-19(11-7-17)36-23-20(21(28)34)13-32(31-23)24(25)26/h4-5,8-9,13,17,19,24H,3,6-7,10-11H2,1-2H3,(H2,28,34)(H,30,35)/b15-14+. The van der Waals surface area contributed by atoms with Gasteiger partial charge in [-0.25, -0.2) is 9.69 Å². The van der Waals surface area contributed by atoms with Gasteiger partial charge in [-0.2, -0.15) is 19.1 Å². The number of nitrogens with one attached hydrogen (secondary N) is 1. The lowest BCUT2D eigenvalue weighted by atomic mass is 9.92. The van der Waals surface area contributed by atoms with E-state index in [1.54, 1.807) is 38.1 Å². The maximum atomic E-state index is 12.9. The number of alkyl halides is 2. The van der Waals surface area contributed by atoms with Crippen molar-refractivity contribution < 1.29 is 23.1 Å².